The van der Waals surface area contributed by atoms with Gasteiger partial charge in [0.25, 0.3) is 0 Å². The first kappa shape index (κ1) is 18.8. The minimum absolute atomic E-state index is 0.703. The maximum Gasteiger partial charge on any atom is 0.118 e. The fourth-order valence-electron chi connectivity index (χ4n) is 2.72. The second-order valence-corrected chi connectivity index (χ2v) is 6.37. The average molecular weight is 303 g/mol. The summed E-state index contributed by atoms with van der Waals surface area (Å²) in [4.78, 5) is 0. The molecule has 0 aromatic heterocycles. The Morgan fingerprint density at radius 3 is 2.23 bits per heavy atom. The van der Waals surface area contributed by atoms with Gasteiger partial charge in [-0.1, -0.05) is 83.1 Å². The molecule has 0 aliphatic heterocycles. The van der Waals surface area contributed by atoms with E-state index in [1.165, 1.54) is 56.9 Å². The molecule has 0 heterocycles. The van der Waals surface area contributed by atoms with E-state index in [0.717, 1.165) is 12.2 Å². The van der Waals surface area contributed by atoms with Gasteiger partial charge in [-0.05, 0) is 36.5 Å². The highest BCUT2D eigenvalue weighted by atomic mass is 16.5. The number of hydrogen-bond donors (Lipinski definition) is 0. The summed E-state index contributed by atoms with van der Waals surface area (Å²) < 4.78 is 5.18. The van der Waals surface area contributed by atoms with E-state index in [9.17, 15) is 0 Å². The number of rotatable bonds is 12. The summed E-state index contributed by atoms with van der Waals surface area (Å²) in [6.07, 6.45) is 16.8. The zero-order valence-corrected chi connectivity index (χ0v) is 14.8. The van der Waals surface area contributed by atoms with E-state index in [0.29, 0.717) is 5.92 Å². The van der Waals surface area contributed by atoms with Gasteiger partial charge < -0.3 is 4.74 Å². The van der Waals surface area contributed by atoms with Crippen LogP contribution >= 0.6 is 0 Å². The molecule has 124 valence electrons. The second kappa shape index (κ2) is 12.3. The van der Waals surface area contributed by atoms with E-state index in [2.05, 4.69) is 38.1 Å². The van der Waals surface area contributed by atoms with Gasteiger partial charge in [-0.2, -0.15) is 0 Å². The Kier molecular flexibility index (Phi) is 10.5. The second-order valence-electron chi connectivity index (χ2n) is 6.37. The summed E-state index contributed by atoms with van der Waals surface area (Å²) in [7, 11) is 1.71. The number of unbranched alkanes of at least 4 members (excludes halogenated alkanes) is 6. The Labute approximate surface area is 137 Å². The van der Waals surface area contributed by atoms with Crippen LogP contribution in [-0.2, 0) is 6.42 Å². The maximum absolute atomic E-state index is 5.18. The molecule has 1 aromatic rings. The van der Waals surface area contributed by atoms with Crippen LogP contribution in [0.1, 0.15) is 70.8 Å². The predicted molar refractivity (Wildman–Crippen MR) is 97.6 cm³/mol. The molecule has 1 unspecified atom stereocenters. The third-order valence-corrected chi connectivity index (χ3v) is 4.24. The van der Waals surface area contributed by atoms with E-state index < -0.39 is 0 Å². The molecule has 0 aliphatic carbocycles. The summed E-state index contributed by atoms with van der Waals surface area (Å²) in [5.74, 6) is 1.63. The van der Waals surface area contributed by atoms with Gasteiger partial charge in [-0.3, -0.25) is 0 Å². The molecule has 1 nitrogen and oxygen atoms in total. The normalized spacial score (nSPS) is 12.7. The summed E-state index contributed by atoms with van der Waals surface area (Å²) in [6.45, 7) is 4.61. The van der Waals surface area contributed by atoms with Gasteiger partial charge in [-0.25, -0.2) is 0 Å². The Hall–Kier alpha value is -1.24. The van der Waals surface area contributed by atoms with Crippen molar-refractivity contribution in [3.05, 3.63) is 42.0 Å². The molecule has 0 radical (unpaired) electrons. The summed E-state index contributed by atoms with van der Waals surface area (Å²) in [5, 5.41) is 0. The third-order valence-electron chi connectivity index (χ3n) is 4.24. The van der Waals surface area contributed by atoms with Crippen LogP contribution in [0.3, 0.4) is 0 Å². The van der Waals surface area contributed by atoms with Crippen molar-refractivity contribution < 1.29 is 4.74 Å². The Morgan fingerprint density at radius 2 is 1.59 bits per heavy atom. The lowest BCUT2D eigenvalue weighted by Gasteiger charge is -2.06. The van der Waals surface area contributed by atoms with Gasteiger partial charge >= 0.3 is 0 Å². The molecule has 0 aliphatic rings. The van der Waals surface area contributed by atoms with Gasteiger partial charge in [0.05, 0.1) is 7.11 Å². The molecule has 0 amide bonds. The Morgan fingerprint density at radius 1 is 0.955 bits per heavy atom. The quantitative estimate of drug-likeness (QED) is 0.313. The molecular formula is C21H34O. The van der Waals surface area contributed by atoms with E-state index in [4.69, 9.17) is 4.74 Å². The van der Waals surface area contributed by atoms with Crippen LogP contribution in [0.4, 0.5) is 0 Å². The molecular weight excluding hydrogens is 268 g/mol. The monoisotopic (exact) mass is 302 g/mol. The Balaban J connectivity index is 2.09. The molecule has 1 atom stereocenters. The van der Waals surface area contributed by atoms with Crippen molar-refractivity contribution in [1.29, 1.82) is 0 Å². The van der Waals surface area contributed by atoms with Gasteiger partial charge in [-0.15, -0.1) is 0 Å². The first-order valence-electron chi connectivity index (χ1n) is 9.05. The average Bonchev–Trinajstić information content (AvgIpc) is 2.54. The van der Waals surface area contributed by atoms with Crippen molar-refractivity contribution in [1.82, 2.24) is 0 Å². The summed E-state index contributed by atoms with van der Waals surface area (Å²) in [6, 6.07) is 8.35. The highest BCUT2D eigenvalue weighted by Crippen LogP contribution is 2.15. The number of methoxy groups -OCH3 is 1. The van der Waals surface area contributed by atoms with Crippen LogP contribution in [0.25, 0.3) is 0 Å². The molecule has 0 fully saturated rings. The summed E-state index contributed by atoms with van der Waals surface area (Å²) >= 11 is 0. The van der Waals surface area contributed by atoms with Crippen molar-refractivity contribution in [3.8, 4) is 5.75 Å². The first-order chi connectivity index (χ1) is 10.8. The third kappa shape index (κ3) is 8.92. The van der Waals surface area contributed by atoms with E-state index >= 15 is 0 Å². The molecule has 1 heteroatoms. The fraction of sp³-hybridized carbons (Fsp3) is 0.619. The lowest BCUT2D eigenvalue weighted by Crippen LogP contribution is -1.91. The lowest BCUT2D eigenvalue weighted by molar-refractivity contribution is 0.414. The van der Waals surface area contributed by atoms with Crippen LogP contribution in [0.2, 0.25) is 0 Å². The molecule has 0 saturated heterocycles. The van der Waals surface area contributed by atoms with Crippen molar-refractivity contribution in [2.75, 3.05) is 7.11 Å². The Bertz CT molecular complexity index is 391. The first-order valence-corrected chi connectivity index (χ1v) is 9.05. The molecule has 0 bridgehead atoms. The van der Waals surface area contributed by atoms with Gasteiger partial charge in [0, 0.05) is 0 Å². The van der Waals surface area contributed by atoms with Crippen molar-refractivity contribution in [3.63, 3.8) is 0 Å². The topological polar surface area (TPSA) is 9.23 Å². The molecule has 0 saturated carbocycles. The van der Waals surface area contributed by atoms with Crippen LogP contribution in [-0.4, -0.2) is 7.11 Å². The van der Waals surface area contributed by atoms with Crippen molar-refractivity contribution in [2.24, 2.45) is 5.92 Å². The predicted octanol–water partition coefficient (Wildman–Crippen LogP) is 6.57. The van der Waals surface area contributed by atoms with Crippen molar-refractivity contribution in [2.45, 2.75) is 71.6 Å². The standard InChI is InChI=1S/C21H34O/c1-4-5-6-7-8-9-10-12-19(2)13-11-14-20-15-17-21(22-3)18-16-20/h11,13,15-19H,4-10,12,14H2,1-3H3/b13-11+. The molecule has 22 heavy (non-hydrogen) atoms. The minimum Gasteiger partial charge on any atom is -0.497 e. The molecule has 1 rings (SSSR count). The number of hydrogen-bond acceptors (Lipinski definition) is 1. The highest BCUT2D eigenvalue weighted by molar-refractivity contribution is 5.28. The highest BCUT2D eigenvalue weighted by Gasteiger charge is 1.98. The fourth-order valence-corrected chi connectivity index (χ4v) is 2.72. The van der Waals surface area contributed by atoms with E-state index in [1.54, 1.807) is 7.11 Å². The van der Waals surface area contributed by atoms with Gasteiger partial charge in [0.1, 0.15) is 5.75 Å². The number of allylic oxidation sites excluding steroid dienone is 2. The summed E-state index contributed by atoms with van der Waals surface area (Å²) in [5.41, 5.74) is 1.35. The van der Waals surface area contributed by atoms with Gasteiger partial charge in [0.15, 0.2) is 0 Å². The zero-order chi connectivity index (χ0) is 16.0. The maximum atomic E-state index is 5.18. The molecule has 1 aromatic carbocycles. The lowest BCUT2D eigenvalue weighted by atomic mass is 10.0. The smallest absolute Gasteiger partial charge is 0.118 e. The van der Waals surface area contributed by atoms with Crippen LogP contribution in [0.5, 0.6) is 5.75 Å². The van der Waals surface area contributed by atoms with Crippen molar-refractivity contribution >= 4 is 0 Å². The number of ether oxygens (including phenoxy) is 1. The SMILES string of the molecule is CCCCCCCCCC(C)/C=C/Cc1ccc(OC)cc1. The van der Waals surface area contributed by atoms with E-state index in [-0.39, 0.29) is 0 Å². The largest absolute Gasteiger partial charge is 0.497 e. The van der Waals surface area contributed by atoms with Gasteiger partial charge in [0.2, 0.25) is 0 Å². The number of benzene rings is 1. The van der Waals surface area contributed by atoms with Crippen LogP contribution < -0.4 is 4.74 Å². The minimum atomic E-state index is 0.703. The van der Waals surface area contributed by atoms with Crippen LogP contribution in [0.15, 0.2) is 36.4 Å². The molecule has 0 N–H and O–H groups in total. The van der Waals surface area contributed by atoms with Crippen LogP contribution in [0, 0.1) is 5.92 Å². The van der Waals surface area contributed by atoms with E-state index in [1.807, 2.05) is 12.1 Å². The molecule has 0 spiro atoms. The zero-order valence-electron chi connectivity index (χ0n) is 14.8.